The van der Waals surface area contributed by atoms with Crippen LogP contribution in [0.25, 0.3) is 0 Å². The van der Waals surface area contributed by atoms with Gasteiger partial charge < -0.3 is 15.2 Å². The Labute approximate surface area is 112 Å². The highest BCUT2D eigenvalue weighted by atomic mass is 16.6. The lowest BCUT2D eigenvalue weighted by atomic mass is 10.2. The monoisotopic (exact) mass is 268 g/mol. The number of hydrogen-bond acceptors (Lipinski definition) is 5. The maximum Gasteiger partial charge on any atom is 0.292 e. The van der Waals surface area contributed by atoms with Crippen LogP contribution in [-0.2, 0) is 16.1 Å². The van der Waals surface area contributed by atoms with Crippen LogP contribution in [-0.4, -0.2) is 23.7 Å². The predicted octanol–water partition coefficient (Wildman–Crippen LogP) is 2.51. The Hall–Kier alpha value is -1.66. The molecule has 6 heteroatoms. The summed E-state index contributed by atoms with van der Waals surface area (Å²) >= 11 is 0. The molecule has 1 aromatic carbocycles. The molecule has 0 amide bonds. The van der Waals surface area contributed by atoms with Gasteiger partial charge in [0.1, 0.15) is 5.69 Å². The number of nitro groups is 1. The number of rotatable bonds is 6. The Morgan fingerprint density at radius 2 is 2.00 bits per heavy atom. The van der Waals surface area contributed by atoms with E-state index in [1.54, 1.807) is 12.1 Å². The van der Waals surface area contributed by atoms with Gasteiger partial charge in [0.25, 0.3) is 5.69 Å². The van der Waals surface area contributed by atoms with Gasteiger partial charge in [0.15, 0.2) is 0 Å². The molecule has 0 bridgehead atoms. The summed E-state index contributed by atoms with van der Waals surface area (Å²) in [5, 5.41) is 10.6. The molecule has 0 aliphatic heterocycles. The summed E-state index contributed by atoms with van der Waals surface area (Å²) < 4.78 is 10.9. The second kappa shape index (κ2) is 6.49. The van der Waals surface area contributed by atoms with Crippen molar-refractivity contribution in [3.63, 3.8) is 0 Å². The highest BCUT2D eigenvalue weighted by Gasteiger charge is 2.11. The predicted molar refractivity (Wildman–Crippen MR) is 72.9 cm³/mol. The summed E-state index contributed by atoms with van der Waals surface area (Å²) in [6.07, 6.45) is 0. The van der Waals surface area contributed by atoms with Gasteiger partial charge in [0.05, 0.1) is 30.3 Å². The van der Waals surface area contributed by atoms with Crippen molar-refractivity contribution in [3.05, 3.63) is 33.9 Å². The molecule has 0 radical (unpaired) electrons. The molecule has 2 N–H and O–H groups in total. The molecule has 1 rings (SSSR count). The number of anilines is 1. The van der Waals surface area contributed by atoms with Crippen molar-refractivity contribution in [2.75, 3.05) is 18.9 Å². The van der Waals surface area contributed by atoms with Gasteiger partial charge in [0.2, 0.25) is 0 Å². The summed E-state index contributed by atoms with van der Waals surface area (Å²) in [5.41, 5.74) is 6.28. The molecule has 0 unspecified atom stereocenters. The van der Waals surface area contributed by atoms with Crippen LogP contribution in [0.2, 0.25) is 0 Å². The third-order valence-electron chi connectivity index (χ3n) is 2.32. The van der Waals surface area contributed by atoms with Crippen LogP contribution in [0.3, 0.4) is 0 Å². The molecule has 0 fully saturated rings. The Bertz CT molecular complexity index is 441. The number of nitrogens with two attached hydrogens (primary N) is 1. The van der Waals surface area contributed by atoms with E-state index in [4.69, 9.17) is 15.2 Å². The van der Waals surface area contributed by atoms with Crippen molar-refractivity contribution in [2.24, 2.45) is 0 Å². The van der Waals surface area contributed by atoms with E-state index in [2.05, 4.69) is 0 Å². The molecule has 0 aliphatic rings. The zero-order chi connectivity index (χ0) is 14.5. The van der Waals surface area contributed by atoms with E-state index in [1.807, 2.05) is 20.8 Å². The molecule has 0 aromatic heterocycles. The van der Waals surface area contributed by atoms with Crippen LogP contribution in [0.1, 0.15) is 26.3 Å². The number of hydrogen-bond donors (Lipinski definition) is 1. The first kappa shape index (κ1) is 15.4. The fourth-order valence-corrected chi connectivity index (χ4v) is 1.46. The minimum absolute atomic E-state index is 0.0835. The molecule has 6 nitrogen and oxygen atoms in total. The first-order chi connectivity index (χ1) is 8.79. The van der Waals surface area contributed by atoms with Crippen LogP contribution in [0.4, 0.5) is 11.4 Å². The topological polar surface area (TPSA) is 87.6 Å². The summed E-state index contributed by atoms with van der Waals surface area (Å²) in [4.78, 5) is 10.1. The standard InChI is InChI=1S/C13H20N2O4/c1-13(2,3)19-7-6-18-9-10-4-5-12(15(16)17)11(14)8-10/h4-5,8H,6-7,9,14H2,1-3H3. The zero-order valence-corrected chi connectivity index (χ0v) is 11.5. The number of nitrogen functional groups attached to an aromatic ring is 1. The number of nitro benzene ring substituents is 1. The molecule has 0 saturated heterocycles. The van der Waals surface area contributed by atoms with Crippen molar-refractivity contribution in [2.45, 2.75) is 33.0 Å². The molecule has 0 aliphatic carbocycles. The summed E-state index contributed by atoms with van der Waals surface area (Å²) in [6.45, 7) is 7.26. The van der Waals surface area contributed by atoms with Gasteiger partial charge in [-0.05, 0) is 38.5 Å². The highest BCUT2D eigenvalue weighted by molar-refractivity contribution is 5.59. The first-order valence-corrected chi connectivity index (χ1v) is 6.04. The van der Waals surface area contributed by atoms with E-state index < -0.39 is 4.92 Å². The Balaban J connectivity index is 2.38. The smallest absolute Gasteiger partial charge is 0.292 e. The second-order valence-electron chi connectivity index (χ2n) is 5.16. The molecule has 0 atom stereocenters. The van der Waals surface area contributed by atoms with Gasteiger partial charge in [0, 0.05) is 6.07 Å². The third kappa shape index (κ3) is 5.67. The maximum absolute atomic E-state index is 10.6. The lowest BCUT2D eigenvalue weighted by Gasteiger charge is -2.19. The van der Waals surface area contributed by atoms with Crippen molar-refractivity contribution in [1.29, 1.82) is 0 Å². The van der Waals surface area contributed by atoms with Crippen LogP contribution < -0.4 is 5.73 Å². The van der Waals surface area contributed by atoms with Gasteiger partial charge >= 0.3 is 0 Å². The summed E-state index contributed by atoms with van der Waals surface area (Å²) in [5.74, 6) is 0. The lowest BCUT2D eigenvalue weighted by Crippen LogP contribution is -2.21. The van der Waals surface area contributed by atoms with Crippen molar-refractivity contribution >= 4 is 11.4 Å². The van der Waals surface area contributed by atoms with Gasteiger partial charge in [-0.1, -0.05) is 0 Å². The molecular weight excluding hydrogens is 248 g/mol. The SMILES string of the molecule is CC(C)(C)OCCOCc1ccc([N+](=O)[O-])c(N)c1. The van der Waals surface area contributed by atoms with E-state index in [0.29, 0.717) is 19.8 Å². The molecule has 19 heavy (non-hydrogen) atoms. The summed E-state index contributed by atoms with van der Waals surface area (Å²) in [7, 11) is 0. The molecular formula is C13H20N2O4. The van der Waals surface area contributed by atoms with Gasteiger partial charge in [-0.3, -0.25) is 10.1 Å². The number of benzene rings is 1. The fraction of sp³-hybridized carbons (Fsp3) is 0.538. The Morgan fingerprint density at radius 3 is 2.53 bits per heavy atom. The van der Waals surface area contributed by atoms with E-state index in [1.165, 1.54) is 6.07 Å². The minimum atomic E-state index is -0.503. The van der Waals surface area contributed by atoms with Crippen molar-refractivity contribution < 1.29 is 14.4 Å². The van der Waals surface area contributed by atoms with E-state index in [9.17, 15) is 10.1 Å². The van der Waals surface area contributed by atoms with Crippen LogP contribution in [0.5, 0.6) is 0 Å². The van der Waals surface area contributed by atoms with E-state index in [-0.39, 0.29) is 17.0 Å². The summed E-state index contributed by atoms with van der Waals surface area (Å²) in [6, 6.07) is 4.58. The minimum Gasteiger partial charge on any atom is -0.393 e. The van der Waals surface area contributed by atoms with Crippen molar-refractivity contribution in [3.8, 4) is 0 Å². The molecule has 106 valence electrons. The second-order valence-corrected chi connectivity index (χ2v) is 5.16. The molecule has 0 saturated carbocycles. The largest absolute Gasteiger partial charge is 0.393 e. The van der Waals surface area contributed by atoms with E-state index in [0.717, 1.165) is 5.56 Å². The molecule has 1 aromatic rings. The third-order valence-corrected chi connectivity index (χ3v) is 2.32. The van der Waals surface area contributed by atoms with Gasteiger partial charge in [-0.15, -0.1) is 0 Å². The van der Waals surface area contributed by atoms with Gasteiger partial charge in [-0.25, -0.2) is 0 Å². The number of nitrogens with zero attached hydrogens (tertiary/aromatic N) is 1. The first-order valence-electron chi connectivity index (χ1n) is 6.04. The van der Waals surface area contributed by atoms with Crippen LogP contribution >= 0.6 is 0 Å². The lowest BCUT2D eigenvalue weighted by molar-refractivity contribution is -0.383. The number of ether oxygens (including phenoxy) is 2. The zero-order valence-electron chi connectivity index (χ0n) is 11.5. The average Bonchev–Trinajstić information content (AvgIpc) is 2.26. The Morgan fingerprint density at radius 1 is 1.32 bits per heavy atom. The van der Waals surface area contributed by atoms with Crippen LogP contribution in [0, 0.1) is 10.1 Å². The molecule has 0 spiro atoms. The van der Waals surface area contributed by atoms with Crippen LogP contribution in [0.15, 0.2) is 18.2 Å². The fourth-order valence-electron chi connectivity index (χ4n) is 1.46. The average molecular weight is 268 g/mol. The highest BCUT2D eigenvalue weighted by Crippen LogP contribution is 2.22. The normalized spacial score (nSPS) is 11.5. The van der Waals surface area contributed by atoms with Crippen molar-refractivity contribution in [1.82, 2.24) is 0 Å². The van der Waals surface area contributed by atoms with E-state index >= 15 is 0 Å². The Kier molecular flexibility index (Phi) is 5.26. The van der Waals surface area contributed by atoms with Gasteiger partial charge in [-0.2, -0.15) is 0 Å². The molecule has 0 heterocycles. The maximum atomic E-state index is 10.6. The quantitative estimate of drug-likeness (QED) is 0.370.